The monoisotopic (exact) mass is 368 g/mol. The van der Waals surface area contributed by atoms with Crippen molar-refractivity contribution < 1.29 is 13.9 Å². The van der Waals surface area contributed by atoms with E-state index in [2.05, 4.69) is 10.6 Å². The van der Waals surface area contributed by atoms with E-state index in [-0.39, 0.29) is 5.63 Å². The van der Waals surface area contributed by atoms with Gasteiger partial charge in [-0.3, -0.25) is 0 Å². The van der Waals surface area contributed by atoms with Gasteiger partial charge in [-0.1, -0.05) is 0 Å². The van der Waals surface area contributed by atoms with E-state index in [9.17, 15) is 4.79 Å². The Morgan fingerprint density at radius 1 is 0.962 bits per heavy atom. The molecule has 26 heavy (non-hydrogen) atoms. The minimum Gasteiger partial charge on any atom is -0.486 e. The molecule has 2 N–H and O–H groups in total. The van der Waals surface area contributed by atoms with Crippen LogP contribution in [0.25, 0.3) is 11.0 Å². The first-order chi connectivity index (χ1) is 12.6. The Morgan fingerprint density at radius 3 is 2.46 bits per heavy atom. The molecule has 2 aromatic carbocycles. The second kappa shape index (κ2) is 6.68. The van der Waals surface area contributed by atoms with Gasteiger partial charge in [0.05, 0.1) is 0 Å². The van der Waals surface area contributed by atoms with E-state index in [1.807, 2.05) is 37.3 Å². The molecule has 0 bridgehead atoms. The van der Waals surface area contributed by atoms with Gasteiger partial charge >= 0.3 is 5.63 Å². The molecule has 0 amide bonds. The molecule has 0 saturated carbocycles. The fraction of sp³-hybridized carbons (Fsp3) is 0.158. The van der Waals surface area contributed by atoms with E-state index in [0.717, 1.165) is 28.1 Å². The minimum absolute atomic E-state index is 0.371. The Hall–Kier alpha value is -3.06. The number of benzene rings is 2. The summed E-state index contributed by atoms with van der Waals surface area (Å²) in [5.74, 6) is 1.41. The number of hydrogen-bond donors (Lipinski definition) is 2. The third kappa shape index (κ3) is 3.34. The predicted octanol–water partition coefficient (Wildman–Crippen LogP) is 3.68. The molecule has 0 saturated heterocycles. The summed E-state index contributed by atoms with van der Waals surface area (Å²) in [6.45, 7) is 2.96. The summed E-state index contributed by atoms with van der Waals surface area (Å²) < 4.78 is 16.3. The average Bonchev–Trinajstić information content (AvgIpc) is 2.61. The largest absolute Gasteiger partial charge is 0.486 e. The highest BCUT2D eigenvalue weighted by molar-refractivity contribution is 7.80. The second-order valence-corrected chi connectivity index (χ2v) is 6.31. The van der Waals surface area contributed by atoms with E-state index in [1.165, 1.54) is 6.07 Å². The maximum absolute atomic E-state index is 11.5. The smallest absolute Gasteiger partial charge is 0.336 e. The number of thiocarbonyl (C=S) groups is 1. The molecule has 0 unspecified atom stereocenters. The van der Waals surface area contributed by atoms with Gasteiger partial charge in [-0.05, 0) is 49.0 Å². The summed E-state index contributed by atoms with van der Waals surface area (Å²) in [5, 5.41) is 7.49. The van der Waals surface area contributed by atoms with E-state index >= 15 is 0 Å². The number of ether oxygens (including phenoxy) is 2. The number of nitrogens with one attached hydrogen (secondary N) is 2. The lowest BCUT2D eigenvalue weighted by Gasteiger charge is -2.19. The van der Waals surface area contributed by atoms with Gasteiger partial charge in [0.2, 0.25) is 0 Å². The van der Waals surface area contributed by atoms with Crippen molar-refractivity contribution in [2.45, 2.75) is 6.92 Å². The molecule has 7 heteroatoms. The first-order valence-corrected chi connectivity index (χ1v) is 8.51. The zero-order valence-corrected chi connectivity index (χ0v) is 14.8. The van der Waals surface area contributed by atoms with Gasteiger partial charge in [-0.15, -0.1) is 0 Å². The van der Waals surface area contributed by atoms with Crippen molar-refractivity contribution in [3.63, 3.8) is 0 Å². The molecule has 1 aliphatic rings. The Labute approximate surface area is 154 Å². The summed E-state index contributed by atoms with van der Waals surface area (Å²) in [6.07, 6.45) is 0. The van der Waals surface area contributed by atoms with E-state index in [0.29, 0.717) is 29.7 Å². The van der Waals surface area contributed by atoms with E-state index in [1.54, 1.807) is 6.07 Å². The number of hydrogen-bond acceptors (Lipinski definition) is 5. The highest BCUT2D eigenvalue weighted by atomic mass is 32.1. The highest BCUT2D eigenvalue weighted by Gasteiger charge is 2.12. The van der Waals surface area contributed by atoms with Gasteiger partial charge in [-0.25, -0.2) is 4.79 Å². The molecule has 3 aromatic rings. The normalized spacial score (nSPS) is 12.7. The number of anilines is 2. The molecule has 1 aliphatic heterocycles. The Balaban J connectivity index is 1.51. The fourth-order valence-corrected chi connectivity index (χ4v) is 3.05. The summed E-state index contributed by atoms with van der Waals surface area (Å²) in [7, 11) is 0. The second-order valence-electron chi connectivity index (χ2n) is 5.90. The van der Waals surface area contributed by atoms with Gasteiger partial charge in [0.15, 0.2) is 16.6 Å². The summed E-state index contributed by atoms with van der Waals surface area (Å²) >= 11 is 5.36. The van der Waals surface area contributed by atoms with Gasteiger partial charge < -0.3 is 24.5 Å². The van der Waals surface area contributed by atoms with Crippen molar-refractivity contribution >= 4 is 39.7 Å². The molecule has 0 atom stereocenters. The SMILES string of the molecule is Cc1cc(=O)oc2cc(NC(=S)Nc3ccc4c(c3)OCCO4)ccc12. The molecule has 0 aliphatic carbocycles. The highest BCUT2D eigenvalue weighted by Crippen LogP contribution is 2.32. The van der Waals surface area contributed by atoms with Crippen LogP contribution in [0.1, 0.15) is 5.56 Å². The Bertz CT molecular complexity index is 1060. The molecule has 0 fully saturated rings. The zero-order chi connectivity index (χ0) is 18.1. The molecule has 1 aromatic heterocycles. The maximum Gasteiger partial charge on any atom is 0.336 e. The molecular formula is C19H16N2O4S. The van der Waals surface area contributed by atoms with Crippen molar-refractivity contribution in [3.05, 3.63) is 58.4 Å². The van der Waals surface area contributed by atoms with Gasteiger partial charge in [0.25, 0.3) is 0 Å². The molecule has 0 radical (unpaired) electrons. The van der Waals surface area contributed by atoms with Crippen LogP contribution in [-0.2, 0) is 0 Å². The fourth-order valence-electron chi connectivity index (χ4n) is 2.82. The van der Waals surface area contributed by atoms with Gasteiger partial charge in [0.1, 0.15) is 18.8 Å². The predicted molar refractivity (Wildman–Crippen MR) is 104 cm³/mol. The van der Waals surface area contributed by atoms with E-state index < -0.39 is 0 Å². The molecule has 132 valence electrons. The van der Waals surface area contributed by atoms with Crippen molar-refractivity contribution in [1.29, 1.82) is 0 Å². The Kier molecular flexibility index (Phi) is 4.22. The average molecular weight is 368 g/mol. The van der Waals surface area contributed by atoms with Crippen molar-refractivity contribution in [1.82, 2.24) is 0 Å². The quantitative estimate of drug-likeness (QED) is 0.528. The van der Waals surface area contributed by atoms with Crippen LogP contribution in [0.4, 0.5) is 11.4 Å². The molecule has 6 nitrogen and oxygen atoms in total. The molecule has 4 rings (SSSR count). The minimum atomic E-state index is -0.371. The van der Waals surface area contributed by atoms with Crippen LogP contribution < -0.4 is 25.7 Å². The van der Waals surface area contributed by atoms with Crippen LogP contribution in [0.2, 0.25) is 0 Å². The lowest BCUT2D eigenvalue weighted by Crippen LogP contribution is -2.20. The van der Waals surface area contributed by atoms with E-state index in [4.69, 9.17) is 26.1 Å². The maximum atomic E-state index is 11.5. The first kappa shape index (κ1) is 16.4. The standard InChI is InChI=1S/C19H16N2O4S/c1-11-8-18(22)25-16-9-12(2-4-14(11)16)20-19(26)21-13-3-5-15-17(10-13)24-7-6-23-15/h2-5,8-10H,6-7H2,1H3,(H2,20,21,26). The lowest BCUT2D eigenvalue weighted by atomic mass is 10.1. The third-order valence-corrected chi connectivity index (χ3v) is 4.21. The first-order valence-electron chi connectivity index (χ1n) is 8.11. The molecule has 2 heterocycles. The van der Waals surface area contributed by atoms with Crippen molar-refractivity contribution in [2.75, 3.05) is 23.8 Å². The van der Waals surface area contributed by atoms with Crippen LogP contribution in [0.3, 0.4) is 0 Å². The summed E-state index contributed by atoms with van der Waals surface area (Å²) in [5.41, 5.74) is 2.53. The number of aryl methyl sites for hydroxylation is 1. The molecule has 0 spiro atoms. The van der Waals surface area contributed by atoms with Crippen LogP contribution >= 0.6 is 12.2 Å². The van der Waals surface area contributed by atoms with Gasteiger partial charge in [-0.2, -0.15) is 0 Å². The zero-order valence-electron chi connectivity index (χ0n) is 14.0. The van der Waals surface area contributed by atoms with Crippen LogP contribution in [0, 0.1) is 6.92 Å². The van der Waals surface area contributed by atoms with Crippen molar-refractivity contribution in [2.24, 2.45) is 0 Å². The van der Waals surface area contributed by atoms with Crippen LogP contribution in [0.5, 0.6) is 11.5 Å². The molecular weight excluding hydrogens is 352 g/mol. The third-order valence-electron chi connectivity index (χ3n) is 4.01. The van der Waals surface area contributed by atoms with Crippen molar-refractivity contribution in [3.8, 4) is 11.5 Å². The Morgan fingerprint density at radius 2 is 1.65 bits per heavy atom. The van der Waals surface area contributed by atoms with Crippen LogP contribution in [0.15, 0.2) is 51.7 Å². The lowest BCUT2D eigenvalue weighted by molar-refractivity contribution is 0.171. The van der Waals surface area contributed by atoms with Crippen LogP contribution in [-0.4, -0.2) is 18.3 Å². The topological polar surface area (TPSA) is 72.7 Å². The number of fused-ring (bicyclic) bond motifs is 2. The summed E-state index contributed by atoms with van der Waals surface area (Å²) in [4.78, 5) is 11.5. The number of rotatable bonds is 2. The van der Waals surface area contributed by atoms with Gasteiger partial charge in [0, 0.05) is 35.0 Å². The summed E-state index contributed by atoms with van der Waals surface area (Å²) in [6, 6.07) is 12.5.